The second kappa shape index (κ2) is 8.42. The van der Waals surface area contributed by atoms with Gasteiger partial charge in [0.1, 0.15) is 0 Å². The smallest absolute Gasteiger partial charge is 0.00719 e. The van der Waals surface area contributed by atoms with E-state index >= 15 is 0 Å². The van der Waals surface area contributed by atoms with Gasteiger partial charge < -0.3 is 5.73 Å². The number of hydrogen-bond acceptors (Lipinski definition) is 2. The molecular weight excluding hydrogens is 202 g/mol. The molecule has 0 aliphatic rings. The number of unbranched alkanes of at least 4 members (excludes halogenated alkanes) is 1. The molecule has 0 amide bonds. The van der Waals surface area contributed by atoms with Crippen LogP contribution < -0.4 is 5.73 Å². The molecule has 2 N–H and O–H groups in total. The minimum atomic E-state index is 0. The molecule has 0 atom stereocenters. The second-order valence-corrected chi connectivity index (χ2v) is 3.83. The van der Waals surface area contributed by atoms with Crippen LogP contribution in [0, 0.1) is 0 Å². The van der Waals surface area contributed by atoms with E-state index < -0.39 is 0 Å². The Labute approximate surface area is 90.5 Å². The first-order valence-corrected chi connectivity index (χ1v) is 5.30. The number of thioether (sulfide) groups is 1. The van der Waals surface area contributed by atoms with Crippen LogP contribution in [-0.4, -0.2) is 12.3 Å². The SMILES string of the molecule is Cl.NCCCCSc1ccccc1. The Morgan fingerprint density at radius 3 is 2.38 bits per heavy atom. The van der Waals surface area contributed by atoms with Crippen molar-refractivity contribution >= 4 is 24.2 Å². The van der Waals surface area contributed by atoms with Crippen molar-refractivity contribution in [3.05, 3.63) is 30.3 Å². The van der Waals surface area contributed by atoms with Crippen LogP contribution in [0.5, 0.6) is 0 Å². The van der Waals surface area contributed by atoms with E-state index in [4.69, 9.17) is 5.73 Å². The first-order chi connectivity index (χ1) is 5.93. The minimum absolute atomic E-state index is 0. The molecule has 0 aliphatic carbocycles. The van der Waals surface area contributed by atoms with Gasteiger partial charge in [0, 0.05) is 4.90 Å². The summed E-state index contributed by atoms with van der Waals surface area (Å²) >= 11 is 1.90. The van der Waals surface area contributed by atoms with E-state index in [0.29, 0.717) is 0 Å². The monoisotopic (exact) mass is 217 g/mol. The highest BCUT2D eigenvalue weighted by Gasteiger charge is 1.90. The summed E-state index contributed by atoms with van der Waals surface area (Å²) in [5, 5.41) is 0. The summed E-state index contributed by atoms with van der Waals surface area (Å²) in [6.45, 7) is 0.815. The number of halogens is 1. The fourth-order valence-corrected chi connectivity index (χ4v) is 1.89. The molecular formula is C10H16ClNS. The third kappa shape index (κ3) is 5.97. The molecule has 3 heteroatoms. The summed E-state index contributed by atoms with van der Waals surface area (Å²) in [4.78, 5) is 1.36. The second-order valence-electron chi connectivity index (χ2n) is 2.66. The van der Waals surface area contributed by atoms with Crippen LogP contribution in [0.1, 0.15) is 12.8 Å². The van der Waals surface area contributed by atoms with Crippen LogP contribution in [0.15, 0.2) is 35.2 Å². The van der Waals surface area contributed by atoms with Crippen LogP contribution >= 0.6 is 24.2 Å². The standard InChI is InChI=1S/C10H15NS.ClH/c11-8-4-5-9-12-10-6-2-1-3-7-10;/h1-3,6-7H,4-5,8-9,11H2;1H. The molecule has 0 saturated carbocycles. The van der Waals surface area contributed by atoms with E-state index in [0.717, 1.165) is 13.0 Å². The molecule has 0 spiro atoms. The van der Waals surface area contributed by atoms with Crippen molar-refractivity contribution < 1.29 is 0 Å². The summed E-state index contributed by atoms with van der Waals surface area (Å²) in [7, 11) is 0. The Bertz CT molecular complexity index is 203. The van der Waals surface area contributed by atoms with Crippen molar-refractivity contribution in [1.82, 2.24) is 0 Å². The lowest BCUT2D eigenvalue weighted by molar-refractivity contribution is 0.814. The van der Waals surface area contributed by atoms with Crippen molar-refractivity contribution in [3.8, 4) is 0 Å². The van der Waals surface area contributed by atoms with E-state index in [9.17, 15) is 0 Å². The van der Waals surface area contributed by atoms with E-state index in [1.165, 1.54) is 17.1 Å². The molecule has 1 rings (SSSR count). The lowest BCUT2D eigenvalue weighted by atomic mass is 10.3. The summed E-state index contributed by atoms with van der Waals surface area (Å²) in [5.41, 5.74) is 5.40. The number of nitrogens with two attached hydrogens (primary N) is 1. The van der Waals surface area contributed by atoms with Gasteiger partial charge in [-0.25, -0.2) is 0 Å². The van der Waals surface area contributed by atoms with Crippen molar-refractivity contribution in [2.75, 3.05) is 12.3 Å². The molecule has 1 aromatic carbocycles. The summed E-state index contributed by atoms with van der Waals surface area (Å²) in [6, 6.07) is 10.5. The van der Waals surface area contributed by atoms with Gasteiger partial charge in [0.25, 0.3) is 0 Å². The molecule has 1 nitrogen and oxygen atoms in total. The first kappa shape index (κ1) is 12.8. The molecule has 0 fully saturated rings. The quantitative estimate of drug-likeness (QED) is 0.606. The molecule has 1 aromatic rings. The zero-order valence-electron chi connectivity index (χ0n) is 7.61. The fourth-order valence-electron chi connectivity index (χ4n) is 0.953. The summed E-state index contributed by atoms with van der Waals surface area (Å²) in [5.74, 6) is 1.18. The first-order valence-electron chi connectivity index (χ1n) is 4.31. The molecule has 0 heterocycles. The van der Waals surface area contributed by atoms with Crippen LogP contribution in [-0.2, 0) is 0 Å². The largest absolute Gasteiger partial charge is 0.330 e. The van der Waals surface area contributed by atoms with E-state index in [1.54, 1.807) is 0 Å². The van der Waals surface area contributed by atoms with Gasteiger partial charge in [0.15, 0.2) is 0 Å². The lowest BCUT2D eigenvalue weighted by Crippen LogP contribution is -1.98. The number of rotatable bonds is 5. The zero-order valence-corrected chi connectivity index (χ0v) is 9.24. The van der Waals surface area contributed by atoms with E-state index in [1.807, 2.05) is 17.8 Å². The molecule has 0 aliphatic heterocycles. The van der Waals surface area contributed by atoms with Crippen LogP contribution in [0.4, 0.5) is 0 Å². The van der Waals surface area contributed by atoms with Gasteiger partial charge in [-0.05, 0) is 37.3 Å². The maximum absolute atomic E-state index is 5.40. The van der Waals surface area contributed by atoms with Gasteiger partial charge in [-0.1, -0.05) is 18.2 Å². The topological polar surface area (TPSA) is 26.0 Å². The van der Waals surface area contributed by atoms with Crippen LogP contribution in [0.25, 0.3) is 0 Å². The van der Waals surface area contributed by atoms with Gasteiger partial charge in [-0.15, -0.1) is 24.2 Å². The molecule has 0 aromatic heterocycles. The third-order valence-corrected chi connectivity index (χ3v) is 2.71. The average Bonchev–Trinajstić information content (AvgIpc) is 2.14. The lowest BCUT2D eigenvalue weighted by Gasteiger charge is -1.99. The maximum Gasteiger partial charge on any atom is 0.00719 e. The normalized spacial score (nSPS) is 9.31. The highest BCUT2D eigenvalue weighted by molar-refractivity contribution is 7.99. The van der Waals surface area contributed by atoms with E-state index in [2.05, 4.69) is 24.3 Å². The van der Waals surface area contributed by atoms with Gasteiger partial charge in [-0.3, -0.25) is 0 Å². The van der Waals surface area contributed by atoms with Crippen molar-refractivity contribution in [3.63, 3.8) is 0 Å². The average molecular weight is 218 g/mol. The molecule has 74 valence electrons. The number of hydrogen-bond donors (Lipinski definition) is 1. The number of benzene rings is 1. The molecule has 0 saturated heterocycles. The van der Waals surface area contributed by atoms with Gasteiger partial charge in [0.05, 0.1) is 0 Å². The van der Waals surface area contributed by atoms with Crippen molar-refractivity contribution in [2.45, 2.75) is 17.7 Å². The Morgan fingerprint density at radius 1 is 1.08 bits per heavy atom. The zero-order chi connectivity index (χ0) is 8.65. The Balaban J connectivity index is 0.00000144. The van der Waals surface area contributed by atoms with Gasteiger partial charge in [0.2, 0.25) is 0 Å². The van der Waals surface area contributed by atoms with Crippen LogP contribution in [0.2, 0.25) is 0 Å². The van der Waals surface area contributed by atoms with Crippen molar-refractivity contribution in [2.24, 2.45) is 5.73 Å². The Hall–Kier alpha value is -0.180. The molecule has 0 unspecified atom stereocenters. The van der Waals surface area contributed by atoms with Gasteiger partial charge >= 0.3 is 0 Å². The third-order valence-electron chi connectivity index (χ3n) is 1.61. The van der Waals surface area contributed by atoms with Gasteiger partial charge in [-0.2, -0.15) is 0 Å². The summed E-state index contributed by atoms with van der Waals surface area (Å²) in [6.07, 6.45) is 2.36. The minimum Gasteiger partial charge on any atom is -0.330 e. The predicted molar refractivity (Wildman–Crippen MR) is 62.7 cm³/mol. The van der Waals surface area contributed by atoms with E-state index in [-0.39, 0.29) is 12.4 Å². The Morgan fingerprint density at radius 2 is 1.77 bits per heavy atom. The highest BCUT2D eigenvalue weighted by atomic mass is 35.5. The molecule has 0 bridgehead atoms. The fraction of sp³-hybridized carbons (Fsp3) is 0.400. The molecule has 0 radical (unpaired) electrons. The Kier molecular flexibility index (Phi) is 8.30. The maximum atomic E-state index is 5.40. The van der Waals surface area contributed by atoms with Crippen molar-refractivity contribution in [1.29, 1.82) is 0 Å². The predicted octanol–water partition coefficient (Wildman–Crippen LogP) is 2.94. The van der Waals surface area contributed by atoms with Crippen LogP contribution in [0.3, 0.4) is 0 Å². The highest BCUT2D eigenvalue weighted by Crippen LogP contribution is 2.17. The summed E-state index contributed by atoms with van der Waals surface area (Å²) < 4.78 is 0. The molecule has 13 heavy (non-hydrogen) atoms.